The zero-order valence-electron chi connectivity index (χ0n) is 11.3. The summed E-state index contributed by atoms with van der Waals surface area (Å²) in [6.07, 6.45) is 6.60. The SMILES string of the molecule is CNc1cnccc1C(=O)NC1CCCc2sccc21. The highest BCUT2D eigenvalue weighted by atomic mass is 32.1. The first kappa shape index (κ1) is 13.1. The molecule has 0 aromatic carbocycles. The number of hydrogen-bond donors (Lipinski definition) is 2. The predicted molar refractivity (Wildman–Crippen MR) is 81.2 cm³/mol. The van der Waals surface area contributed by atoms with Crippen LogP contribution in [0.25, 0.3) is 0 Å². The molecule has 104 valence electrons. The lowest BCUT2D eigenvalue weighted by molar-refractivity contribution is 0.0933. The molecule has 0 radical (unpaired) electrons. The van der Waals surface area contributed by atoms with Crippen LogP contribution in [0, 0.1) is 0 Å². The van der Waals surface area contributed by atoms with Crippen molar-refractivity contribution in [2.45, 2.75) is 25.3 Å². The van der Waals surface area contributed by atoms with Crippen molar-refractivity contribution in [2.75, 3.05) is 12.4 Å². The lowest BCUT2D eigenvalue weighted by atomic mass is 9.94. The van der Waals surface area contributed by atoms with Crippen molar-refractivity contribution < 1.29 is 4.79 Å². The van der Waals surface area contributed by atoms with Crippen molar-refractivity contribution in [1.29, 1.82) is 0 Å². The van der Waals surface area contributed by atoms with Crippen molar-refractivity contribution in [1.82, 2.24) is 10.3 Å². The highest BCUT2D eigenvalue weighted by molar-refractivity contribution is 7.10. The second kappa shape index (κ2) is 5.63. The summed E-state index contributed by atoms with van der Waals surface area (Å²) in [6, 6.07) is 4.02. The average Bonchev–Trinajstić information content (AvgIpc) is 2.96. The Balaban J connectivity index is 1.81. The Hall–Kier alpha value is -1.88. The van der Waals surface area contributed by atoms with Crippen LogP contribution in [-0.4, -0.2) is 17.9 Å². The molecule has 1 aliphatic carbocycles. The van der Waals surface area contributed by atoms with E-state index in [1.165, 1.54) is 10.4 Å². The van der Waals surface area contributed by atoms with Crippen molar-refractivity contribution in [3.63, 3.8) is 0 Å². The van der Waals surface area contributed by atoms with Crippen LogP contribution in [0.5, 0.6) is 0 Å². The number of aryl methyl sites for hydroxylation is 1. The summed E-state index contributed by atoms with van der Waals surface area (Å²) < 4.78 is 0. The number of fused-ring (bicyclic) bond motifs is 1. The van der Waals surface area contributed by atoms with Crippen LogP contribution in [-0.2, 0) is 6.42 Å². The molecule has 1 aliphatic rings. The van der Waals surface area contributed by atoms with Gasteiger partial charge in [0, 0.05) is 18.1 Å². The minimum Gasteiger partial charge on any atom is -0.386 e. The van der Waals surface area contributed by atoms with Crippen molar-refractivity contribution in [3.8, 4) is 0 Å². The molecule has 0 fully saturated rings. The number of carbonyl (C=O) groups excluding carboxylic acids is 1. The van der Waals surface area contributed by atoms with Crippen LogP contribution in [0.4, 0.5) is 5.69 Å². The van der Waals surface area contributed by atoms with Gasteiger partial charge in [-0.05, 0) is 42.3 Å². The van der Waals surface area contributed by atoms with Gasteiger partial charge in [0.2, 0.25) is 0 Å². The number of nitrogens with zero attached hydrogens (tertiary/aromatic N) is 1. The Morgan fingerprint density at radius 1 is 1.45 bits per heavy atom. The Morgan fingerprint density at radius 3 is 3.20 bits per heavy atom. The van der Waals surface area contributed by atoms with Gasteiger partial charge in [-0.1, -0.05) is 0 Å². The van der Waals surface area contributed by atoms with E-state index in [0.29, 0.717) is 5.56 Å². The van der Waals surface area contributed by atoms with E-state index in [9.17, 15) is 4.79 Å². The van der Waals surface area contributed by atoms with Crippen LogP contribution in [0.15, 0.2) is 29.9 Å². The molecule has 0 saturated carbocycles. The van der Waals surface area contributed by atoms with Gasteiger partial charge in [0.15, 0.2) is 0 Å². The van der Waals surface area contributed by atoms with E-state index in [1.54, 1.807) is 36.8 Å². The van der Waals surface area contributed by atoms with Gasteiger partial charge >= 0.3 is 0 Å². The third-order valence-electron chi connectivity index (χ3n) is 3.69. The molecule has 2 aromatic rings. The summed E-state index contributed by atoms with van der Waals surface area (Å²) in [7, 11) is 1.80. The Kier molecular flexibility index (Phi) is 3.69. The zero-order chi connectivity index (χ0) is 13.9. The quantitative estimate of drug-likeness (QED) is 0.912. The monoisotopic (exact) mass is 287 g/mol. The van der Waals surface area contributed by atoms with E-state index < -0.39 is 0 Å². The number of amides is 1. The summed E-state index contributed by atoms with van der Waals surface area (Å²) in [5.74, 6) is -0.0409. The molecule has 1 unspecified atom stereocenters. The lowest BCUT2D eigenvalue weighted by Crippen LogP contribution is -2.30. The summed E-state index contributed by atoms with van der Waals surface area (Å²) in [5.41, 5.74) is 2.69. The topological polar surface area (TPSA) is 54.0 Å². The van der Waals surface area contributed by atoms with Crippen LogP contribution in [0.2, 0.25) is 0 Å². The molecular weight excluding hydrogens is 270 g/mol. The number of carbonyl (C=O) groups is 1. The maximum absolute atomic E-state index is 12.4. The van der Waals surface area contributed by atoms with Gasteiger partial charge in [0.05, 0.1) is 23.5 Å². The molecule has 0 saturated heterocycles. The third kappa shape index (κ3) is 2.41. The predicted octanol–water partition coefficient (Wildman–Crippen LogP) is 2.99. The summed E-state index contributed by atoms with van der Waals surface area (Å²) in [6.45, 7) is 0. The van der Waals surface area contributed by atoms with E-state index in [2.05, 4.69) is 27.1 Å². The van der Waals surface area contributed by atoms with Gasteiger partial charge in [0.25, 0.3) is 5.91 Å². The first-order chi connectivity index (χ1) is 9.79. The first-order valence-corrected chi connectivity index (χ1v) is 7.66. The van der Waals surface area contributed by atoms with Gasteiger partial charge in [-0.3, -0.25) is 9.78 Å². The number of nitrogens with one attached hydrogen (secondary N) is 2. The Morgan fingerprint density at radius 2 is 2.35 bits per heavy atom. The number of aromatic nitrogens is 1. The Labute approximate surface area is 122 Å². The van der Waals surface area contributed by atoms with Crippen molar-refractivity contribution >= 4 is 22.9 Å². The lowest BCUT2D eigenvalue weighted by Gasteiger charge is -2.24. The fourth-order valence-electron chi connectivity index (χ4n) is 2.66. The van der Waals surface area contributed by atoms with Gasteiger partial charge in [-0.15, -0.1) is 11.3 Å². The van der Waals surface area contributed by atoms with Crippen LogP contribution in [0.1, 0.15) is 39.7 Å². The second-order valence-electron chi connectivity index (χ2n) is 4.89. The van der Waals surface area contributed by atoms with Gasteiger partial charge in [-0.25, -0.2) is 0 Å². The first-order valence-electron chi connectivity index (χ1n) is 6.78. The standard InChI is InChI=1S/C15H17N3OS/c1-16-13-9-17-7-5-11(13)15(19)18-12-3-2-4-14-10(12)6-8-20-14/h5-9,12,16H,2-4H2,1H3,(H,18,19). The smallest absolute Gasteiger partial charge is 0.253 e. The minimum atomic E-state index is -0.0409. The molecule has 2 N–H and O–H groups in total. The van der Waals surface area contributed by atoms with E-state index in [1.807, 2.05) is 0 Å². The molecule has 1 atom stereocenters. The third-order valence-corrected chi connectivity index (χ3v) is 4.69. The number of pyridine rings is 1. The number of thiophene rings is 1. The van der Waals surface area contributed by atoms with E-state index >= 15 is 0 Å². The summed E-state index contributed by atoms with van der Waals surface area (Å²) in [4.78, 5) is 17.9. The maximum atomic E-state index is 12.4. The fourth-order valence-corrected chi connectivity index (χ4v) is 3.65. The van der Waals surface area contributed by atoms with Crippen molar-refractivity contribution in [2.24, 2.45) is 0 Å². The molecule has 2 heterocycles. The average molecular weight is 287 g/mol. The molecule has 2 aromatic heterocycles. The van der Waals surface area contributed by atoms with Crippen LogP contribution >= 0.6 is 11.3 Å². The number of anilines is 1. The molecule has 20 heavy (non-hydrogen) atoms. The summed E-state index contributed by atoms with van der Waals surface area (Å²) >= 11 is 1.79. The molecule has 0 aliphatic heterocycles. The highest BCUT2D eigenvalue weighted by Crippen LogP contribution is 2.33. The van der Waals surface area contributed by atoms with E-state index in [-0.39, 0.29) is 11.9 Å². The van der Waals surface area contributed by atoms with Gasteiger partial charge in [0.1, 0.15) is 0 Å². The second-order valence-corrected chi connectivity index (χ2v) is 5.89. The molecule has 0 bridgehead atoms. The van der Waals surface area contributed by atoms with Gasteiger partial charge < -0.3 is 10.6 Å². The van der Waals surface area contributed by atoms with Crippen LogP contribution in [0.3, 0.4) is 0 Å². The maximum Gasteiger partial charge on any atom is 0.253 e. The zero-order valence-corrected chi connectivity index (χ0v) is 12.2. The van der Waals surface area contributed by atoms with E-state index in [0.717, 1.165) is 24.9 Å². The van der Waals surface area contributed by atoms with Gasteiger partial charge in [-0.2, -0.15) is 0 Å². The largest absolute Gasteiger partial charge is 0.386 e. The van der Waals surface area contributed by atoms with Crippen LogP contribution < -0.4 is 10.6 Å². The fraction of sp³-hybridized carbons (Fsp3) is 0.333. The molecule has 3 rings (SSSR count). The van der Waals surface area contributed by atoms with Crippen molar-refractivity contribution in [3.05, 3.63) is 45.9 Å². The minimum absolute atomic E-state index is 0.0409. The normalized spacial score (nSPS) is 17.4. The highest BCUT2D eigenvalue weighted by Gasteiger charge is 2.23. The number of rotatable bonds is 3. The molecule has 1 amide bonds. The molecule has 4 nitrogen and oxygen atoms in total. The molecule has 0 spiro atoms. The van der Waals surface area contributed by atoms with E-state index in [4.69, 9.17) is 0 Å². The molecule has 5 heteroatoms. The summed E-state index contributed by atoms with van der Waals surface area (Å²) in [5, 5.41) is 8.27. The molecular formula is C15H17N3OS. The number of hydrogen-bond acceptors (Lipinski definition) is 4. The Bertz CT molecular complexity index is 623.